The Hall–Kier alpha value is -2.42. The molecule has 0 amide bonds. The lowest BCUT2D eigenvalue weighted by molar-refractivity contribution is 0.0174. The van der Waals surface area contributed by atoms with E-state index in [1.165, 1.54) is 35.5 Å². The minimum absolute atomic E-state index is 0.0603. The lowest BCUT2D eigenvalue weighted by Gasteiger charge is -2.20. The third-order valence-electron chi connectivity index (χ3n) is 4.80. The fraction of sp³-hybridized carbons (Fsp3) is 0.476. The van der Waals surface area contributed by atoms with Crippen molar-refractivity contribution in [3.63, 3.8) is 0 Å². The first kappa shape index (κ1) is 22.3. The zero-order valence-corrected chi connectivity index (χ0v) is 18.8. The maximum Gasteiger partial charge on any atom is 0.332 e. The topological polar surface area (TPSA) is 61.8 Å². The minimum atomic E-state index is -2.90. The molecule has 2 aromatic heterocycles. The van der Waals surface area contributed by atoms with Crippen LogP contribution in [-0.4, -0.2) is 25.2 Å². The van der Waals surface area contributed by atoms with Crippen molar-refractivity contribution in [2.24, 2.45) is 12.5 Å². The lowest BCUT2D eigenvalue weighted by Crippen LogP contribution is -2.40. The molecule has 1 aromatic carbocycles. The first-order valence-corrected chi connectivity index (χ1v) is 10.8. The number of thioether (sulfide) groups is 1. The molecule has 0 aliphatic carbocycles. The van der Waals surface area contributed by atoms with E-state index in [2.05, 4.69) is 5.10 Å². The van der Waals surface area contributed by atoms with E-state index in [1.54, 1.807) is 16.8 Å². The molecule has 0 radical (unpaired) electrons. The normalized spacial score (nSPS) is 12.7. The molecule has 30 heavy (non-hydrogen) atoms. The van der Waals surface area contributed by atoms with Crippen LogP contribution in [0.1, 0.15) is 38.8 Å². The third kappa shape index (κ3) is 4.21. The molecule has 3 aromatic rings. The summed E-state index contributed by atoms with van der Waals surface area (Å²) in [6.07, 6.45) is 1.84. The molecule has 0 saturated carbocycles. The van der Waals surface area contributed by atoms with Gasteiger partial charge in [0, 0.05) is 26.1 Å². The summed E-state index contributed by atoms with van der Waals surface area (Å²) in [5.41, 5.74) is 0.0613. The van der Waals surface area contributed by atoms with Crippen molar-refractivity contribution in [1.82, 2.24) is 18.9 Å². The first-order chi connectivity index (χ1) is 13.8. The van der Waals surface area contributed by atoms with E-state index in [4.69, 9.17) is 0 Å². The first-order valence-electron chi connectivity index (χ1n) is 9.55. The molecule has 2 heterocycles. The predicted octanol–water partition coefficient (Wildman–Crippen LogP) is 3.82. The third-order valence-corrected chi connectivity index (χ3v) is 5.60. The quantitative estimate of drug-likeness (QED) is 0.571. The van der Waals surface area contributed by atoms with Crippen LogP contribution in [0, 0.1) is 5.41 Å². The number of benzene rings is 1. The SMILES string of the molecule is CSc1c2c(=O)n(C)c(=O)n(CC(C)(C)C)c2nn1Cc1ccc(C(C)(F)F)cc1. The Morgan fingerprint density at radius 1 is 1.07 bits per heavy atom. The number of nitrogens with zero attached hydrogens (tertiary/aromatic N) is 4. The molecule has 6 nitrogen and oxygen atoms in total. The highest BCUT2D eigenvalue weighted by molar-refractivity contribution is 7.98. The Balaban J connectivity index is 2.17. The molecule has 0 saturated heterocycles. The van der Waals surface area contributed by atoms with Gasteiger partial charge in [-0.3, -0.25) is 18.6 Å². The molecule has 3 rings (SSSR count). The summed E-state index contributed by atoms with van der Waals surface area (Å²) in [6.45, 7) is 7.59. The Labute approximate surface area is 177 Å². The Morgan fingerprint density at radius 2 is 1.67 bits per heavy atom. The molecular formula is C21H26F2N4O2S. The minimum Gasteiger partial charge on any atom is -0.275 e. The Kier molecular flexibility index (Phi) is 5.70. The van der Waals surface area contributed by atoms with E-state index in [9.17, 15) is 18.4 Å². The van der Waals surface area contributed by atoms with Crippen LogP contribution in [0.3, 0.4) is 0 Å². The van der Waals surface area contributed by atoms with Crippen LogP contribution in [0.25, 0.3) is 11.0 Å². The summed E-state index contributed by atoms with van der Waals surface area (Å²) in [5.74, 6) is -2.90. The Morgan fingerprint density at radius 3 is 2.17 bits per heavy atom. The summed E-state index contributed by atoms with van der Waals surface area (Å²) in [5, 5.41) is 5.63. The van der Waals surface area contributed by atoms with Gasteiger partial charge in [0.25, 0.3) is 11.5 Å². The van der Waals surface area contributed by atoms with Crippen molar-refractivity contribution in [1.29, 1.82) is 0 Å². The highest BCUT2D eigenvalue weighted by Crippen LogP contribution is 2.28. The van der Waals surface area contributed by atoms with Gasteiger partial charge in [-0.15, -0.1) is 11.8 Å². The van der Waals surface area contributed by atoms with Gasteiger partial charge in [-0.2, -0.15) is 5.10 Å². The summed E-state index contributed by atoms with van der Waals surface area (Å²) < 4.78 is 31.3. The van der Waals surface area contributed by atoms with Crippen LogP contribution in [0.4, 0.5) is 8.78 Å². The number of rotatable bonds is 5. The van der Waals surface area contributed by atoms with E-state index >= 15 is 0 Å². The smallest absolute Gasteiger partial charge is 0.275 e. The van der Waals surface area contributed by atoms with Gasteiger partial charge in [0.1, 0.15) is 10.4 Å². The summed E-state index contributed by atoms with van der Waals surface area (Å²) in [6, 6.07) is 6.05. The number of alkyl halides is 2. The second kappa shape index (κ2) is 7.68. The van der Waals surface area contributed by atoms with Crippen molar-refractivity contribution in [2.45, 2.75) is 51.7 Å². The maximum absolute atomic E-state index is 13.5. The molecule has 0 aliphatic rings. The van der Waals surface area contributed by atoms with Gasteiger partial charge < -0.3 is 0 Å². The molecule has 0 atom stereocenters. The van der Waals surface area contributed by atoms with Gasteiger partial charge in [0.15, 0.2) is 5.65 Å². The molecule has 0 N–H and O–H groups in total. The van der Waals surface area contributed by atoms with Crippen LogP contribution >= 0.6 is 11.8 Å². The second-order valence-corrected chi connectivity index (χ2v) is 9.54. The zero-order valence-electron chi connectivity index (χ0n) is 18.0. The van der Waals surface area contributed by atoms with Crippen molar-refractivity contribution in [3.8, 4) is 0 Å². The maximum atomic E-state index is 13.5. The summed E-state index contributed by atoms with van der Waals surface area (Å²) in [7, 11) is 1.47. The van der Waals surface area contributed by atoms with Crippen molar-refractivity contribution in [3.05, 3.63) is 56.2 Å². The molecule has 0 aliphatic heterocycles. The van der Waals surface area contributed by atoms with Crippen LogP contribution in [0.2, 0.25) is 0 Å². The van der Waals surface area contributed by atoms with Crippen LogP contribution in [0.15, 0.2) is 38.9 Å². The molecule has 0 bridgehead atoms. The second-order valence-electron chi connectivity index (χ2n) is 8.74. The number of hydrogen-bond acceptors (Lipinski definition) is 4. The molecule has 0 unspecified atom stereocenters. The number of fused-ring (bicyclic) bond motifs is 1. The highest BCUT2D eigenvalue weighted by Gasteiger charge is 2.25. The predicted molar refractivity (Wildman–Crippen MR) is 116 cm³/mol. The van der Waals surface area contributed by atoms with Gasteiger partial charge in [-0.1, -0.05) is 45.0 Å². The lowest BCUT2D eigenvalue weighted by atomic mass is 9.97. The van der Waals surface area contributed by atoms with E-state index in [-0.39, 0.29) is 11.0 Å². The monoisotopic (exact) mass is 436 g/mol. The van der Waals surface area contributed by atoms with Gasteiger partial charge in [-0.05, 0) is 17.2 Å². The number of halogens is 2. The molecular weight excluding hydrogens is 410 g/mol. The van der Waals surface area contributed by atoms with E-state index in [1.807, 2.05) is 27.0 Å². The van der Waals surface area contributed by atoms with E-state index in [0.29, 0.717) is 29.1 Å². The fourth-order valence-electron chi connectivity index (χ4n) is 3.34. The highest BCUT2D eigenvalue weighted by atomic mass is 32.2. The van der Waals surface area contributed by atoms with Gasteiger partial charge >= 0.3 is 5.69 Å². The van der Waals surface area contributed by atoms with Gasteiger partial charge in [0.05, 0.1) is 6.54 Å². The van der Waals surface area contributed by atoms with E-state index < -0.39 is 17.2 Å². The van der Waals surface area contributed by atoms with Gasteiger partial charge in [0.2, 0.25) is 0 Å². The zero-order chi connectivity index (χ0) is 22.4. The standard InChI is InChI=1S/C21H26F2N4O2S/c1-20(2,3)12-26-16-15(17(28)25(5)19(26)29)18(30-6)27(24-16)11-13-7-9-14(10-8-13)21(4,22)23/h7-10H,11-12H2,1-6H3. The Bertz CT molecular complexity index is 1200. The fourth-order valence-corrected chi connectivity index (χ4v) is 4.04. The van der Waals surface area contributed by atoms with E-state index in [0.717, 1.165) is 17.1 Å². The average Bonchev–Trinajstić information content (AvgIpc) is 3.00. The van der Waals surface area contributed by atoms with Crippen molar-refractivity contribution in [2.75, 3.05) is 6.26 Å². The molecule has 0 fully saturated rings. The largest absolute Gasteiger partial charge is 0.332 e. The number of aromatic nitrogens is 4. The number of hydrogen-bond donors (Lipinski definition) is 0. The summed E-state index contributed by atoms with van der Waals surface area (Å²) in [4.78, 5) is 25.6. The van der Waals surface area contributed by atoms with Crippen molar-refractivity contribution >= 4 is 22.8 Å². The molecule has 9 heteroatoms. The van der Waals surface area contributed by atoms with Crippen LogP contribution < -0.4 is 11.2 Å². The van der Waals surface area contributed by atoms with Gasteiger partial charge in [-0.25, -0.2) is 13.6 Å². The molecule has 162 valence electrons. The van der Waals surface area contributed by atoms with Crippen molar-refractivity contribution < 1.29 is 8.78 Å². The average molecular weight is 437 g/mol. The molecule has 0 spiro atoms. The van der Waals surface area contributed by atoms with Crippen LogP contribution in [-0.2, 0) is 26.1 Å². The summed E-state index contributed by atoms with van der Waals surface area (Å²) >= 11 is 1.37. The van der Waals surface area contributed by atoms with Crippen LogP contribution in [0.5, 0.6) is 0 Å².